The van der Waals surface area contributed by atoms with Crippen molar-refractivity contribution in [1.82, 2.24) is 19.3 Å². The van der Waals surface area contributed by atoms with Gasteiger partial charge in [-0.25, -0.2) is 4.98 Å². The molecule has 2 heterocycles. The second-order valence-electron chi connectivity index (χ2n) is 7.58. The van der Waals surface area contributed by atoms with E-state index in [1.165, 1.54) is 16.7 Å². The van der Waals surface area contributed by atoms with Gasteiger partial charge >= 0.3 is 0 Å². The van der Waals surface area contributed by atoms with E-state index < -0.39 is 0 Å². The van der Waals surface area contributed by atoms with Crippen LogP contribution in [0.4, 0.5) is 0 Å². The number of thioether (sulfide) groups is 1. The molecular formula is C24H26N4OS. The van der Waals surface area contributed by atoms with Crippen molar-refractivity contribution in [3.8, 4) is 0 Å². The average Bonchev–Trinajstić information content (AvgIpc) is 3.07. The Morgan fingerprint density at radius 2 is 1.73 bits per heavy atom. The Bertz CT molecular complexity index is 1250. The third-order valence-electron chi connectivity index (χ3n) is 5.36. The summed E-state index contributed by atoms with van der Waals surface area (Å²) in [5.74, 6) is 0.763. The van der Waals surface area contributed by atoms with Crippen LogP contribution in [0.15, 0.2) is 58.5 Å². The fraction of sp³-hybridized carbons (Fsp3) is 0.292. The van der Waals surface area contributed by atoms with Gasteiger partial charge in [0.1, 0.15) is 5.52 Å². The molecule has 0 spiro atoms. The van der Waals surface area contributed by atoms with Crippen LogP contribution in [0.3, 0.4) is 0 Å². The van der Waals surface area contributed by atoms with Crippen LogP contribution >= 0.6 is 11.8 Å². The lowest BCUT2D eigenvalue weighted by molar-refractivity contribution is 0.636. The predicted molar refractivity (Wildman–Crippen MR) is 123 cm³/mol. The first-order valence-corrected chi connectivity index (χ1v) is 11.2. The molecule has 0 N–H and O–H groups in total. The largest absolute Gasteiger partial charge is 0.281 e. The van der Waals surface area contributed by atoms with Crippen LogP contribution in [-0.2, 0) is 18.8 Å². The van der Waals surface area contributed by atoms with E-state index in [4.69, 9.17) is 4.98 Å². The SMILES string of the molecule is CCn1nc(C)c2nc(SCc3ccccc3C)n(Cc3ccc(C)cc3)c(=O)c21. The van der Waals surface area contributed by atoms with E-state index in [0.29, 0.717) is 24.1 Å². The number of aryl methyl sites for hydroxylation is 4. The molecule has 0 saturated heterocycles. The maximum absolute atomic E-state index is 13.5. The summed E-state index contributed by atoms with van der Waals surface area (Å²) >= 11 is 1.61. The lowest BCUT2D eigenvalue weighted by Crippen LogP contribution is -2.25. The fourth-order valence-electron chi connectivity index (χ4n) is 3.56. The summed E-state index contributed by atoms with van der Waals surface area (Å²) in [5, 5.41) is 5.27. The Kier molecular flexibility index (Phi) is 5.77. The van der Waals surface area contributed by atoms with Gasteiger partial charge in [0.25, 0.3) is 5.56 Å². The Hall–Kier alpha value is -2.86. The minimum Gasteiger partial charge on any atom is -0.281 e. The van der Waals surface area contributed by atoms with Gasteiger partial charge in [-0.05, 0) is 44.4 Å². The summed E-state index contributed by atoms with van der Waals surface area (Å²) in [6.45, 7) is 9.22. The topological polar surface area (TPSA) is 52.7 Å². The highest BCUT2D eigenvalue weighted by Gasteiger charge is 2.18. The summed E-state index contributed by atoms with van der Waals surface area (Å²) < 4.78 is 3.56. The first-order chi connectivity index (χ1) is 14.5. The highest BCUT2D eigenvalue weighted by molar-refractivity contribution is 7.98. The predicted octanol–water partition coefficient (Wildman–Crippen LogP) is 4.88. The van der Waals surface area contributed by atoms with Crippen LogP contribution in [0.5, 0.6) is 0 Å². The van der Waals surface area contributed by atoms with Crippen molar-refractivity contribution in [3.63, 3.8) is 0 Å². The third kappa shape index (κ3) is 3.92. The van der Waals surface area contributed by atoms with Crippen molar-refractivity contribution in [2.24, 2.45) is 0 Å². The lowest BCUT2D eigenvalue weighted by Gasteiger charge is -2.13. The number of nitrogens with zero attached hydrogens (tertiary/aromatic N) is 4. The molecule has 0 bridgehead atoms. The number of hydrogen-bond donors (Lipinski definition) is 0. The zero-order valence-corrected chi connectivity index (χ0v) is 18.7. The van der Waals surface area contributed by atoms with E-state index in [0.717, 1.165) is 22.2 Å². The molecule has 0 unspecified atom stereocenters. The molecule has 154 valence electrons. The van der Waals surface area contributed by atoms with Crippen molar-refractivity contribution in [1.29, 1.82) is 0 Å². The van der Waals surface area contributed by atoms with Crippen molar-refractivity contribution in [2.45, 2.75) is 51.7 Å². The van der Waals surface area contributed by atoms with Gasteiger partial charge in [-0.15, -0.1) is 0 Å². The maximum Gasteiger partial charge on any atom is 0.280 e. The average molecular weight is 419 g/mol. The third-order valence-corrected chi connectivity index (χ3v) is 6.39. The first kappa shape index (κ1) is 20.4. The molecule has 4 rings (SSSR count). The van der Waals surface area contributed by atoms with E-state index in [2.05, 4.69) is 55.3 Å². The molecule has 30 heavy (non-hydrogen) atoms. The van der Waals surface area contributed by atoms with Crippen molar-refractivity contribution in [2.75, 3.05) is 0 Å². The monoisotopic (exact) mass is 418 g/mol. The normalized spacial score (nSPS) is 11.3. The highest BCUT2D eigenvalue weighted by atomic mass is 32.2. The Morgan fingerprint density at radius 1 is 1.00 bits per heavy atom. The van der Waals surface area contributed by atoms with Gasteiger partial charge in [0, 0.05) is 12.3 Å². The van der Waals surface area contributed by atoms with Crippen LogP contribution < -0.4 is 5.56 Å². The Balaban J connectivity index is 1.81. The van der Waals surface area contributed by atoms with E-state index in [9.17, 15) is 4.79 Å². The molecule has 0 aliphatic rings. The van der Waals surface area contributed by atoms with Gasteiger partial charge in [0.15, 0.2) is 10.7 Å². The summed E-state index contributed by atoms with van der Waals surface area (Å²) in [6.07, 6.45) is 0. The molecule has 0 atom stereocenters. The first-order valence-electron chi connectivity index (χ1n) is 10.2. The smallest absolute Gasteiger partial charge is 0.280 e. The van der Waals surface area contributed by atoms with Gasteiger partial charge in [-0.2, -0.15) is 5.10 Å². The molecule has 2 aromatic carbocycles. The van der Waals surface area contributed by atoms with Gasteiger partial charge in [-0.3, -0.25) is 14.0 Å². The van der Waals surface area contributed by atoms with E-state index >= 15 is 0 Å². The summed E-state index contributed by atoms with van der Waals surface area (Å²) in [4.78, 5) is 18.4. The number of rotatable bonds is 6. The number of hydrogen-bond acceptors (Lipinski definition) is 4. The molecule has 0 aliphatic carbocycles. The molecule has 0 aliphatic heterocycles. The second kappa shape index (κ2) is 8.48. The van der Waals surface area contributed by atoms with Crippen molar-refractivity contribution in [3.05, 3.63) is 86.8 Å². The number of fused-ring (bicyclic) bond motifs is 1. The minimum absolute atomic E-state index is 0.0321. The summed E-state index contributed by atoms with van der Waals surface area (Å²) in [5.41, 5.74) is 6.83. The van der Waals surface area contributed by atoms with Gasteiger partial charge in [0.2, 0.25) is 0 Å². The number of aromatic nitrogens is 4. The van der Waals surface area contributed by atoms with Crippen LogP contribution in [0, 0.1) is 20.8 Å². The Morgan fingerprint density at radius 3 is 2.43 bits per heavy atom. The zero-order chi connectivity index (χ0) is 21.3. The molecule has 0 fully saturated rings. The molecule has 4 aromatic rings. The quantitative estimate of drug-likeness (QED) is 0.331. The molecule has 5 nitrogen and oxygen atoms in total. The Labute approximate surface area is 180 Å². The molecule has 2 aromatic heterocycles. The molecular weight excluding hydrogens is 392 g/mol. The molecule has 6 heteroatoms. The zero-order valence-electron chi connectivity index (χ0n) is 17.8. The highest BCUT2D eigenvalue weighted by Crippen LogP contribution is 2.25. The fourth-order valence-corrected chi connectivity index (χ4v) is 4.62. The van der Waals surface area contributed by atoms with E-state index in [-0.39, 0.29) is 5.56 Å². The minimum atomic E-state index is -0.0321. The molecule has 0 saturated carbocycles. The molecule has 0 amide bonds. The molecule has 0 radical (unpaired) electrons. The van der Waals surface area contributed by atoms with E-state index in [1.54, 1.807) is 21.0 Å². The number of benzene rings is 2. The van der Waals surface area contributed by atoms with Gasteiger partial charge in [0.05, 0.1) is 12.2 Å². The van der Waals surface area contributed by atoms with Crippen LogP contribution in [0.25, 0.3) is 11.0 Å². The summed E-state index contributed by atoms with van der Waals surface area (Å²) in [7, 11) is 0. The summed E-state index contributed by atoms with van der Waals surface area (Å²) in [6, 6.07) is 16.6. The maximum atomic E-state index is 13.5. The van der Waals surface area contributed by atoms with Crippen LogP contribution in [-0.4, -0.2) is 19.3 Å². The lowest BCUT2D eigenvalue weighted by atomic mass is 10.1. The van der Waals surface area contributed by atoms with Crippen molar-refractivity contribution < 1.29 is 0 Å². The van der Waals surface area contributed by atoms with Gasteiger partial charge < -0.3 is 0 Å². The second-order valence-corrected chi connectivity index (χ2v) is 8.53. The standard InChI is InChI=1S/C24H26N4OS/c1-5-28-22-21(18(4)26-28)25-24(30-15-20-9-7-6-8-17(20)3)27(23(22)29)14-19-12-10-16(2)11-13-19/h6-13H,5,14-15H2,1-4H3. The van der Waals surface area contributed by atoms with E-state index in [1.807, 2.05) is 26.0 Å². The van der Waals surface area contributed by atoms with Crippen LogP contribution in [0.2, 0.25) is 0 Å². The van der Waals surface area contributed by atoms with Crippen LogP contribution in [0.1, 0.15) is 34.9 Å². The van der Waals surface area contributed by atoms with Gasteiger partial charge in [-0.1, -0.05) is 65.9 Å². The van der Waals surface area contributed by atoms with Crippen molar-refractivity contribution >= 4 is 22.8 Å².